The first-order valence-electron chi connectivity index (χ1n) is 8.12. The molecule has 1 aliphatic rings. The molecule has 19 heavy (non-hydrogen) atoms. The van der Waals surface area contributed by atoms with Gasteiger partial charge in [-0.3, -0.25) is 0 Å². The maximum atomic E-state index is 3.55. The maximum absolute atomic E-state index is 3.55. The van der Waals surface area contributed by atoms with Crippen LogP contribution in [0.2, 0.25) is 0 Å². The zero-order valence-corrected chi connectivity index (χ0v) is 12.6. The molecule has 2 atom stereocenters. The van der Waals surface area contributed by atoms with Crippen molar-refractivity contribution in [3.05, 3.63) is 35.4 Å². The number of nitrogens with one attached hydrogen (secondary N) is 1. The molecule has 0 aromatic heterocycles. The molecule has 0 fully saturated rings. The van der Waals surface area contributed by atoms with E-state index in [-0.39, 0.29) is 0 Å². The lowest BCUT2D eigenvalue weighted by molar-refractivity contribution is 0.387. The van der Waals surface area contributed by atoms with Gasteiger partial charge >= 0.3 is 0 Å². The van der Waals surface area contributed by atoms with Crippen molar-refractivity contribution in [2.45, 2.75) is 70.3 Å². The third-order valence-corrected chi connectivity index (χ3v) is 4.62. The van der Waals surface area contributed by atoms with Gasteiger partial charge in [0.05, 0.1) is 0 Å². The summed E-state index contributed by atoms with van der Waals surface area (Å²) < 4.78 is 0. The predicted molar refractivity (Wildman–Crippen MR) is 83.7 cm³/mol. The van der Waals surface area contributed by atoms with Gasteiger partial charge in [-0.15, -0.1) is 0 Å². The molecular formula is C18H29N. The smallest absolute Gasteiger partial charge is 0.0136 e. The Kier molecular flexibility index (Phi) is 5.91. The molecule has 0 bridgehead atoms. The van der Waals surface area contributed by atoms with E-state index < -0.39 is 0 Å². The number of hydrogen-bond acceptors (Lipinski definition) is 1. The average molecular weight is 259 g/mol. The summed E-state index contributed by atoms with van der Waals surface area (Å²) in [4.78, 5) is 0. The number of hydrogen-bond donors (Lipinski definition) is 1. The minimum absolute atomic E-state index is 0.682. The van der Waals surface area contributed by atoms with Crippen LogP contribution in [0.3, 0.4) is 0 Å². The van der Waals surface area contributed by atoms with Crippen molar-refractivity contribution in [3.8, 4) is 0 Å². The van der Waals surface area contributed by atoms with Crippen LogP contribution in [0.5, 0.6) is 0 Å². The van der Waals surface area contributed by atoms with Crippen LogP contribution >= 0.6 is 0 Å². The number of unbranched alkanes of at least 4 members (excludes halogenated alkanes) is 5. The number of fused-ring (bicyclic) bond motifs is 1. The van der Waals surface area contributed by atoms with Gasteiger partial charge < -0.3 is 5.32 Å². The molecule has 0 spiro atoms. The van der Waals surface area contributed by atoms with Crippen molar-refractivity contribution in [3.63, 3.8) is 0 Å². The SMILES string of the molecule is CCCCCCCCC(NC)C1Cc2ccccc21. The Labute approximate surface area is 118 Å². The summed E-state index contributed by atoms with van der Waals surface area (Å²) in [6.45, 7) is 2.28. The molecule has 0 heterocycles. The van der Waals surface area contributed by atoms with Crippen molar-refractivity contribution >= 4 is 0 Å². The van der Waals surface area contributed by atoms with Gasteiger partial charge in [0.25, 0.3) is 0 Å². The third-order valence-electron chi connectivity index (χ3n) is 4.62. The van der Waals surface area contributed by atoms with E-state index in [1.165, 1.54) is 51.4 Å². The molecule has 1 aromatic rings. The van der Waals surface area contributed by atoms with Crippen molar-refractivity contribution in [1.29, 1.82) is 0 Å². The standard InChI is InChI=1S/C18H29N/c1-3-4-5-6-7-8-13-18(19-2)17-14-15-11-9-10-12-16(15)17/h9-12,17-19H,3-8,13-14H2,1-2H3. The van der Waals surface area contributed by atoms with Crippen LogP contribution in [-0.4, -0.2) is 13.1 Å². The normalized spacial score (nSPS) is 18.7. The van der Waals surface area contributed by atoms with E-state index in [2.05, 4.69) is 43.6 Å². The van der Waals surface area contributed by atoms with Gasteiger partial charge in [-0.25, -0.2) is 0 Å². The van der Waals surface area contributed by atoms with Crippen molar-refractivity contribution < 1.29 is 0 Å². The van der Waals surface area contributed by atoms with Gasteiger partial charge in [-0.05, 0) is 31.0 Å². The molecule has 2 rings (SSSR count). The summed E-state index contributed by atoms with van der Waals surface area (Å²) >= 11 is 0. The molecule has 106 valence electrons. The molecule has 0 saturated carbocycles. The largest absolute Gasteiger partial charge is 0.316 e. The molecule has 0 saturated heterocycles. The highest BCUT2D eigenvalue weighted by Gasteiger charge is 2.31. The lowest BCUT2D eigenvalue weighted by Gasteiger charge is -2.36. The Morgan fingerprint density at radius 3 is 2.58 bits per heavy atom. The Bertz CT molecular complexity index is 372. The quantitative estimate of drug-likeness (QED) is 0.636. The van der Waals surface area contributed by atoms with E-state index in [0.717, 1.165) is 5.92 Å². The highest BCUT2D eigenvalue weighted by molar-refractivity contribution is 5.41. The van der Waals surface area contributed by atoms with Crippen molar-refractivity contribution in [1.82, 2.24) is 5.32 Å². The van der Waals surface area contributed by atoms with Crippen LogP contribution in [0.4, 0.5) is 0 Å². The first kappa shape index (κ1) is 14.6. The highest BCUT2D eigenvalue weighted by Crippen LogP contribution is 2.38. The van der Waals surface area contributed by atoms with Crippen LogP contribution in [0.25, 0.3) is 0 Å². The number of rotatable bonds is 9. The summed E-state index contributed by atoms with van der Waals surface area (Å²) in [7, 11) is 2.13. The van der Waals surface area contributed by atoms with E-state index in [0.29, 0.717) is 6.04 Å². The van der Waals surface area contributed by atoms with Gasteiger partial charge in [0.15, 0.2) is 0 Å². The Morgan fingerprint density at radius 1 is 1.11 bits per heavy atom. The van der Waals surface area contributed by atoms with Crippen LogP contribution in [0.1, 0.15) is 68.9 Å². The van der Waals surface area contributed by atoms with E-state index in [1.807, 2.05) is 0 Å². The topological polar surface area (TPSA) is 12.0 Å². The summed E-state index contributed by atoms with van der Waals surface area (Å²) in [6, 6.07) is 9.62. The van der Waals surface area contributed by atoms with E-state index >= 15 is 0 Å². The van der Waals surface area contributed by atoms with Crippen LogP contribution in [-0.2, 0) is 6.42 Å². The molecule has 1 aliphatic carbocycles. The molecule has 1 nitrogen and oxygen atoms in total. The zero-order chi connectivity index (χ0) is 13.5. The second kappa shape index (κ2) is 7.69. The summed E-state index contributed by atoms with van der Waals surface area (Å²) in [6.07, 6.45) is 11.0. The Morgan fingerprint density at radius 2 is 1.84 bits per heavy atom. The van der Waals surface area contributed by atoms with Crippen LogP contribution in [0.15, 0.2) is 24.3 Å². The fourth-order valence-electron chi connectivity index (χ4n) is 3.35. The Balaban J connectivity index is 1.70. The minimum atomic E-state index is 0.682. The molecule has 1 heteroatoms. The third kappa shape index (κ3) is 3.82. The lowest BCUT2D eigenvalue weighted by atomic mass is 9.72. The second-order valence-electron chi connectivity index (χ2n) is 5.96. The first-order valence-corrected chi connectivity index (χ1v) is 8.12. The first-order chi connectivity index (χ1) is 9.36. The van der Waals surface area contributed by atoms with Gasteiger partial charge in [-0.2, -0.15) is 0 Å². The molecular weight excluding hydrogens is 230 g/mol. The van der Waals surface area contributed by atoms with Gasteiger partial charge in [0, 0.05) is 12.0 Å². The lowest BCUT2D eigenvalue weighted by Crippen LogP contribution is -2.38. The number of likely N-dealkylation sites (N-methyl/N-ethyl adjacent to an activating group) is 1. The maximum Gasteiger partial charge on any atom is 0.0136 e. The van der Waals surface area contributed by atoms with Gasteiger partial charge in [0.1, 0.15) is 0 Å². The number of benzene rings is 1. The predicted octanol–water partition coefficient (Wildman–Crippen LogP) is 4.66. The Hall–Kier alpha value is -0.820. The fourth-order valence-corrected chi connectivity index (χ4v) is 3.35. The molecule has 1 N–H and O–H groups in total. The van der Waals surface area contributed by atoms with E-state index in [9.17, 15) is 0 Å². The zero-order valence-electron chi connectivity index (χ0n) is 12.6. The van der Waals surface area contributed by atoms with Crippen LogP contribution in [0, 0.1) is 0 Å². The second-order valence-corrected chi connectivity index (χ2v) is 5.96. The fraction of sp³-hybridized carbons (Fsp3) is 0.667. The summed E-state index contributed by atoms with van der Waals surface area (Å²) in [5.74, 6) is 0.761. The molecule has 2 unspecified atom stereocenters. The minimum Gasteiger partial charge on any atom is -0.316 e. The highest BCUT2D eigenvalue weighted by atomic mass is 14.9. The van der Waals surface area contributed by atoms with Crippen molar-refractivity contribution in [2.24, 2.45) is 0 Å². The van der Waals surface area contributed by atoms with Gasteiger partial charge in [0.2, 0.25) is 0 Å². The summed E-state index contributed by atoms with van der Waals surface area (Å²) in [5, 5.41) is 3.55. The van der Waals surface area contributed by atoms with E-state index in [1.54, 1.807) is 11.1 Å². The molecule has 0 amide bonds. The average Bonchev–Trinajstić information content (AvgIpc) is 2.42. The molecule has 1 aromatic carbocycles. The molecule has 0 aliphatic heterocycles. The monoisotopic (exact) mass is 259 g/mol. The van der Waals surface area contributed by atoms with Crippen LogP contribution < -0.4 is 5.32 Å². The molecule has 0 radical (unpaired) electrons. The van der Waals surface area contributed by atoms with Crippen molar-refractivity contribution in [2.75, 3.05) is 7.05 Å². The summed E-state index contributed by atoms with van der Waals surface area (Å²) in [5.41, 5.74) is 3.16. The van der Waals surface area contributed by atoms with Gasteiger partial charge in [-0.1, -0.05) is 69.7 Å². The van der Waals surface area contributed by atoms with E-state index in [4.69, 9.17) is 0 Å².